The Bertz CT molecular complexity index is 1110. The molecule has 11 heteroatoms. The van der Waals surface area contributed by atoms with E-state index < -0.39 is 53.4 Å². The van der Waals surface area contributed by atoms with E-state index in [9.17, 15) is 37.5 Å². The Morgan fingerprint density at radius 3 is 2.48 bits per heavy atom. The van der Waals surface area contributed by atoms with E-state index in [1.165, 1.54) is 24.3 Å². The Hall–Kier alpha value is -4.15. The summed E-state index contributed by atoms with van der Waals surface area (Å²) in [4.78, 5) is 48.3. The second-order valence-corrected chi connectivity index (χ2v) is 6.20. The smallest absolute Gasteiger partial charge is 0.416 e. The third-order valence-electron chi connectivity index (χ3n) is 4.10. The Labute approximate surface area is 172 Å². The van der Waals surface area contributed by atoms with Crippen LogP contribution in [0.5, 0.6) is 5.75 Å². The van der Waals surface area contributed by atoms with E-state index in [0.717, 1.165) is 24.3 Å². The Morgan fingerprint density at radius 2 is 1.81 bits per heavy atom. The Kier molecular flexibility index (Phi) is 5.77. The standard InChI is InChI=1S/C20H13F3N2O6/c21-20(22,23)12-5-3-6-13(9-12)25-18(29)14(17(28)24-19(25)30)8-11-4-1-2-7-15(11)31-10-16(26)27/h1-9H,10H2,(H,26,27)(H,24,28,30)/p-1/b14-8-. The van der Waals surface area contributed by atoms with E-state index in [2.05, 4.69) is 0 Å². The topological polar surface area (TPSA) is 116 Å². The molecule has 0 aromatic heterocycles. The summed E-state index contributed by atoms with van der Waals surface area (Å²) in [5, 5.41) is 12.5. The maximum atomic E-state index is 13.0. The molecule has 0 unspecified atom stereocenters. The largest absolute Gasteiger partial charge is 0.546 e. The fraction of sp³-hybridized carbons (Fsp3) is 0.100. The van der Waals surface area contributed by atoms with Gasteiger partial charge in [0, 0.05) is 5.56 Å². The monoisotopic (exact) mass is 433 g/mol. The number of ether oxygens (including phenoxy) is 1. The first-order chi connectivity index (χ1) is 14.6. The highest BCUT2D eigenvalue weighted by Gasteiger charge is 2.38. The van der Waals surface area contributed by atoms with Gasteiger partial charge in [-0.25, -0.2) is 9.69 Å². The van der Waals surface area contributed by atoms with Crippen LogP contribution >= 0.6 is 0 Å². The summed E-state index contributed by atoms with van der Waals surface area (Å²) in [7, 11) is 0. The number of rotatable bonds is 5. The molecule has 4 amide bonds. The molecule has 1 aliphatic heterocycles. The minimum absolute atomic E-state index is 0.00215. The van der Waals surface area contributed by atoms with Crippen LogP contribution in [0.4, 0.5) is 23.7 Å². The molecule has 0 bridgehead atoms. The van der Waals surface area contributed by atoms with Crippen molar-refractivity contribution >= 4 is 35.6 Å². The van der Waals surface area contributed by atoms with Gasteiger partial charge in [0.15, 0.2) is 0 Å². The van der Waals surface area contributed by atoms with Crippen molar-refractivity contribution in [3.8, 4) is 5.75 Å². The van der Waals surface area contributed by atoms with Gasteiger partial charge in [0.25, 0.3) is 11.8 Å². The minimum atomic E-state index is -4.71. The average Bonchev–Trinajstić information content (AvgIpc) is 2.69. The molecule has 1 N–H and O–H groups in total. The van der Waals surface area contributed by atoms with Crippen LogP contribution in [0.2, 0.25) is 0 Å². The van der Waals surface area contributed by atoms with Gasteiger partial charge in [-0.1, -0.05) is 24.3 Å². The number of carbonyl (C=O) groups excluding carboxylic acids is 4. The van der Waals surface area contributed by atoms with Gasteiger partial charge < -0.3 is 14.6 Å². The van der Waals surface area contributed by atoms with Gasteiger partial charge in [-0.15, -0.1) is 0 Å². The molecule has 0 spiro atoms. The Balaban J connectivity index is 2.01. The second-order valence-electron chi connectivity index (χ2n) is 6.20. The highest BCUT2D eigenvalue weighted by atomic mass is 19.4. The molecule has 3 rings (SSSR count). The van der Waals surface area contributed by atoms with Crippen LogP contribution in [0.3, 0.4) is 0 Å². The number of barbiturate groups is 1. The molecule has 1 aliphatic rings. The zero-order chi connectivity index (χ0) is 22.8. The molecule has 8 nitrogen and oxygen atoms in total. The summed E-state index contributed by atoms with van der Waals surface area (Å²) < 4.78 is 44.0. The number of aliphatic carboxylic acids is 1. The molecule has 0 aliphatic carbocycles. The molecule has 0 radical (unpaired) electrons. The number of nitrogens with one attached hydrogen (secondary N) is 1. The molecule has 2 aromatic carbocycles. The van der Waals surface area contributed by atoms with Gasteiger partial charge in [-0.3, -0.25) is 14.9 Å². The summed E-state index contributed by atoms with van der Waals surface area (Å²) >= 11 is 0. The van der Waals surface area contributed by atoms with Gasteiger partial charge in [-0.05, 0) is 30.3 Å². The van der Waals surface area contributed by atoms with Crippen molar-refractivity contribution in [1.29, 1.82) is 0 Å². The lowest BCUT2D eigenvalue weighted by Gasteiger charge is -2.27. The number of imide groups is 2. The summed E-state index contributed by atoms with van der Waals surface area (Å²) in [5.41, 5.74) is -1.92. The number of halogens is 3. The number of amides is 4. The van der Waals surface area contributed by atoms with Gasteiger partial charge in [-0.2, -0.15) is 13.2 Å². The number of benzene rings is 2. The predicted octanol–water partition coefficient (Wildman–Crippen LogP) is 1.50. The van der Waals surface area contributed by atoms with Crippen molar-refractivity contribution in [1.82, 2.24) is 5.32 Å². The maximum Gasteiger partial charge on any atom is 0.416 e. The first kappa shape index (κ1) is 21.6. The number of alkyl halides is 3. The predicted molar refractivity (Wildman–Crippen MR) is 97.4 cm³/mol. The van der Waals surface area contributed by atoms with Crippen molar-refractivity contribution in [2.75, 3.05) is 11.5 Å². The lowest BCUT2D eigenvalue weighted by atomic mass is 10.1. The first-order valence-electron chi connectivity index (χ1n) is 8.58. The molecule has 31 heavy (non-hydrogen) atoms. The number of urea groups is 1. The molecular weight excluding hydrogens is 421 g/mol. The van der Waals surface area contributed by atoms with Crippen molar-refractivity contribution in [3.63, 3.8) is 0 Å². The molecule has 0 saturated carbocycles. The van der Waals surface area contributed by atoms with Crippen LogP contribution in [0.25, 0.3) is 6.08 Å². The molecule has 2 aromatic rings. The van der Waals surface area contributed by atoms with Gasteiger partial charge in [0.2, 0.25) is 0 Å². The normalized spacial score (nSPS) is 15.8. The molecule has 1 fully saturated rings. The van der Waals surface area contributed by atoms with Gasteiger partial charge in [0.05, 0.1) is 17.2 Å². The fourth-order valence-corrected chi connectivity index (χ4v) is 2.74. The fourth-order valence-electron chi connectivity index (χ4n) is 2.74. The summed E-state index contributed by atoms with van der Waals surface area (Å²) in [6, 6.07) is 8.07. The number of anilines is 1. The van der Waals surface area contributed by atoms with E-state index in [0.29, 0.717) is 11.0 Å². The first-order valence-corrected chi connectivity index (χ1v) is 8.58. The zero-order valence-electron chi connectivity index (χ0n) is 15.4. The molecule has 1 heterocycles. The average molecular weight is 433 g/mol. The summed E-state index contributed by atoms with van der Waals surface area (Å²) in [6.45, 7) is -0.796. The highest BCUT2D eigenvalue weighted by molar-refractivity contribution is 6.39. The van der Waals surface area contributed by atoms with Crippen molar-refractivity contribution in [2.45, 2.75) is 6.18 Å². The number of para-hydroxylation sites is 1. The van der Waals surface area contributed by atoms with E-state index >= 15 is 0 Å². The van der Waals surface area contributed by atoms with Crippen LogP contribution < -0.4 is 20.1 Å². The van der Waals surface area contributed by atoms with E-state index in [4.69, 9.17) is 4.74 Å². The van der Waals surface area contributed by atoms with Crippen LogP contribution in [0.1, 0.15) is 11.1 Å². The van der Waals surface area contributed by atoms with Gasteiger partial charge >= 0.3 is 12.2 Å². The van der Waals surface area contributed by atoms with Gasteiger partial charge in [0.1, 0.15) is 17.9 Å². The Morgan fingerprint density at radius 1 is 1.10 bits per heavy atom. The highest BCUT2D eigenvalue weighted by Crippen LogP contribution is 2.33. The molecule has 1 saturated heterocycles. The third kappa shape index (κ3) is 4.71. The summed E-state index contributed by atoms with van der Waals surface area (Å²) in [6.07, 6.45) is -3.68. The third-order valence-corrected chi connectivity index (χ3v) is 4.10. The van der Waals surface area contributed by atoms with E-state index in [-0.39, 0.29) is 11.3 Å². The lowest BCUT2D eigenvalue weighted by molar-refractivity contribution is -0.307. The number of carboxylic acids is 1. The maximum absolute atomic E-state index is 13.0. The second kappa shape index (κ2) is 8.30. The van der Waals surface area contributed by atoms with Crippen LogP contribution in [-0.2, 0) is 20.6 Å². The quantitative estimate of drug-likeness (QED) is 0.565. The number of nitrogens with zero attached hydrogens (tertiary/aromatic N) is 1. The lowest BCUT2D eigenvalue weighted by Crippen LogP contribution is -2.54. The van der Waals surface area contributed by atoms with Crippen LogP contribution in [0.15, 0.2) is 54.1 Å². The summed E-state index contributed by atoms with van der Waals surface area (Å²) in [5.74, 6) is -3.74. The van der Waals surface area contributed by atoms with Crippen molar-refractivity contribution < 1.29 is 42.2 Å². The zero-order valence-corrected chi connectivity index (χ0v) is 15.4. The number of hydrogen-bond donors (Lipinski definition) is 1. The minimum Gasteiger partial charge on any atom is -0.546 e. The number of hydrogen-bond acceptors (Lipinski definition) is 6. The number of carboxylic acid groups (broad SMARTS) is 1. The van der Waals surface area contributed by atoms with Crippen molar-refractivity contribution in [2.24, 2.45) is 0 Å². The molecule has 160 valence electrons. The van der Waals surface area contributed by atoms with Crippen LogP contribution in [0, 0.1) is 0 Å². The van der Waals surface area contributed by atoms with Crippen LogP contribution in [-0.4, -0.2) is 30.4 Å². The molecular formula is C20H12F3N2O6-. The van der Waals surface area contributed by atoms with Crippen molar-refractivity contribution in [3.05, 3.63) is 65.2 Å². The SMILES string of the molecule is O=C([O-])COc1ccccc1/C=C1/C(=O)NC(=O)N(c2cccc(C(F)(F)F)c2)C1=O. The van der Waals surface area contributed by atoms with E-state index in [1.54, 1.807) is 0 Å². The molecule has 0 atom stereocenters. The number of carbonyl (C=O) groups is 4. The van der Waals surface area contributed by atoms with E-state index in [1.807, 2.05) is 5.32 Å².